The molecule has 4 heteroatoms. The Morgan fingerprint density at radius 1 is 1.47 bits per heavy atom. The highest BCUT2D eigenvalue weighted by Gasteiger charge is 2.03. The Hall–Kier alpha value is -2.54. The van der Waals surface area contributed by atoms with Crippen molar-refractivity contribution in [3.8, 4) is 23.6 Å². The summed E-state index contributed by atoms with van der Waals surface area (Å²) in [6, 6.07) is 9.34. The third-order valence-electron chi connectivity index (χ3n) is 2.22. The molecule has 17 heavy (non-hydrogen) atoms. The molecule has 2 aromatic rings. The lowest BCUT2D eigenvalue weighted by Crippen LogP contribution is -2.09. The van der Waals surface area contributed by atoms with Gasteiger partial charge in [0.2, 0.25) is 5.91 Å². The lowest BCUT2D eigenvalue weighted by atomic mass is 10.1. The molecular weight excluding hydrogens is 214 g/mol. The number of aromatic nitrogens is 2. The van der Waals surface area contributed by atoms with E-state index in [0.29, 0.717) is 0 Å². The molecule has 0 spiro atoms. The Balaban J connectivity index is 2.18. The van der Waals surface area contributed by atoms with Gasteiger partial charge in [-0.3, -0.25) is 9.89 Å². The first-order chi connectivity index (χ1) is 8.29. The molecule has 1 aromatic carbocycles. The smallest absolute Gasteiger partial charge is 0.236 e. The highest BCUT2D eigenvalue weighted by molar-refractivity contribution is 5.92. The van der Waals surface area contributed by atoms with Crippen molar-refractivity contribution in [2.45, 2.75) is 6.42 Å². The van der Waals surface area contributed by atoms with E-state index < -0.39 is 0 Å². The highest BCUT2D eigenvalue weighted by atomic mass is 16.1. The minimum Gasteiger partial charge on any atom is -0.325 e. The fourth-order valence-corrected chi connectivity index (χ4v) is 1.48. The fourth-order valence-electron chi connectivity index (χ4n) is 1.48. The van der Waals surface area contributed by atoms with Crippen LogP contribution in [-0.2, 0) is 4.79 Å². The average Bonchev–Trinajstić information content (AvgIpc) is 2.83. The summed E-state index contributed by atoms with van der Waals surface area (Å²) in [7, 11) is 0. The van der Waals surface area contributed by atoms with Gasteiger partial charge in [0.25, 0.3) is 0 Å². The number of aromatic amines is 1. The Kier molecular flexibility index (Phi) is 3.22. The molecule has 1 amide bonds. The van der Waals surface area contributed by atoms with Gasteiger partial charge in [0.15, 0.2) is 0 Å². The second-order valence-corrected chi connectivity index (χ2v) is 3.48. The molecular formula is C13H11N3O. The Labute approximate surface area is 99.1 Å². The van der Waals surface area contributed by atoms with Crippen LogP contribution in [0, 0.1) is 12.3 Å². The lowest BCUT2D eigenvalue weighted by Gasteiger charge is -2.04. The Morgan fingerprint density at radius 3 is 3.06 bits per heavy atom. The van der Waals surface area contributed by atoms with Crippen LogP contribution in [0.1, 0.15) is 6.42 Å². The molecule has 0 saturated heterocycles. The van der Waals surface area contributed by atoms with Gasteiger partial charge in [-0.15, -0.1) is 6.42 Å². The number of terminal acetylenes is 1. The van der Waals surface area contributed by atoms with Gasteiger partial charge in [-0.1, -0.05) is 18.1 Å². The number of nitrogens with zero attached hydrogens (tertiary/aromatic N) is 1. The van der Waals surface area contributed by atoms with E-state index in [4.69, 9.17) is 6.42 Å². The lowest BCUT2D eigenvalue weighted by molar-refractivity contribution is -0.115. The van der Waals surface area contributed by atoms with E-state index in [1.165, 1.54) is 0 Å². The van der Waals surface area contributed by atoms with E-state index in [1.807, 2.05) is 30.3 Å². The number of rotatable bonds is 3. The van der Waals surface area contributed by atoms with Crippen molar-refractivity contribution in [2.75, 3.05) is 5.32 Å². The third kappa shape index (κ3) is 2.73. The summed E-state index contributed by atoms with van der Waals surface area (Å²) in [5.41, 5.74) is 2.58. The molecule has 0 aliphatic heterocycles. The minimum absolute atomic E-state index is 0.0777. The zero-order valence-corrected chi connectivity index (χ0v) is 9.10. The van der Waals surface area contributed by atoms with Crippen LogP contribution in [0.4, 0.5) is 5.69 Å². The molecule has 2 rings (SSSR count). The van der Waals surface area contributed by atoms with Crippen LogP contribution in [0.15, 0.2) is 36.5 Å². The quantitative estimate of drug-likeness (QED) is 0.785. The summed E-state index contributed by atoms with van der Waals surface area (Å²) in [5, 5.41) is 9.47. The number of anilines is 1. The maximum absolute atomic E-state index is 11.3. The van der Waals surface area contributed by atoms with E-state index in [-0.39, 0.29) is 12.3 Å². The zero-order chi connectivity index (χ0) is 12.1. The molecule has 1 heterocycles. The van der Waals surface area contributed by atoms with Crippen molar-refractivity contribution in [1.82, 2.24) is 10.2 Å². The maximum Gasteiger partial charge on any atom is 0.236 e. The zero-order valence-electron chi connectivity index (χ0n) is 9.10. The number of nitrogens with one attached hydrogen (secondary N) is 2. The highest BCUT2D eigenvalue weighted by Crippen LogP contribution is 2.20. The van der Waals surface area contributed by atoms with Gasteiger partial charge in [0, 0.05) is 17.4 Å². The number of amides is 1. The second-order valence-electron chi connectivity index (χ2n) is 3.48. The van der Waals surface area contributed by atoms with Crippen molar-refractivity contribution in [2.24, 2.45) is 0 Å². The first-order valence-corrected chi connectivity index (χ1v) is 5.13. The van der Waals surface area contributed by atoms with Crippen molar-refractivity contribution in [3.05, 3.63) is 36.5 Å². The van der Waals surface area contributed by atoms with Crippen LogP contribution in [0.25, 0.3) is 11.3 Å². The summed E-state index contributed by atoms with van der Waals surface area (Å²) in [6.07, 6.45) is 6.82. The molecule has 1 aromatic heterocycles. The number of hydrogen-bond donors (Lipinski definition) is 2. The van der Waals surface area contributed by atoms with Crippen LogP contribution in [-0.4, -0.2) is 16.1 Å². The molecule has 4 nitrogen and oxygen atoms in total. The first-order valence-electron chi connectivity index (χ1n) is 5.13. The normalized spacial score (nSPS) is 9.59. The van der Waals surface area contributed by atoms with Crippen molar-refractivity contribution < 1.29 is 4.79 Å². The van der Waals surface area contributed by atoms with E-state index in [9.17, 15) is 4.79 Å². The van der Waals surface area contributed by atoms with Crippen LogP contribution in [0.3, 0.4) is 0 Å². The van der Waals surface area contributed by atoms with Crippen LogP contribution in [0.5, 0.6) is 0 Å². The third-order valence-corrected chi connectivity index (χ3v) is 2.22. The first kappa shape index (κ1) is 11.0. The molecule has 0 radical (unpaired) electrons. The summed E-state index contributed by atoms with van der Waals surface area (Å²) < 4.78 is 0. The average molecular weight is 225 g/mol. The van der Waals surface area contributed by atoms with E-state index in [0.717, 1.165) is 16.9 Å². The molecule has 84 valence electrons. The molecule has 2 N–H and O–H groups in total. The van der Waals surface area contributed by atoms with Gasteiger partial charge >= 0.3 is 0 Å². The molecule has 0 aliphatic carbocycles. The summed E-state index contributed by atoms with van der Waals surface area (Å²) in [4.78, 5) is 11.3. The molecule has 0 fully saturated rings. The van der Waals surface area contributed by atoms with Crippen molar-refractivity contribution >= 4 is 11.6 Å². The maximum atomic E-state index is 11.3. The number of carbonyl (C=O) groups excluding carboxylic acids is 1. The van der Waals surface area contributed by atoms with Crippen molar-refractivity contribution in [3.63, 3.8) is 0 Å². The second kappa shape index (κ2) is 4.99. The number of benzene rings is 1. The number of hydrogen-bond acceptors (Lipinski definition) is 2. The van der Waals surface area contributed by atoms with Gasteiger partial charge in [0.1, 0.15) is 0 Å². The largest absolute Gasteiger partial charge is 0.325 e. The number of carbonyl (C=O) groups is 1. The topological polar surface area (TPSA) is 57.8 Å². The van der Waals surface area contributed by atoms with Crippen LogP contribution in [0.2, 0.25) is 0 Å². The molecule has 0 unspecified atom stereocenters. The van der Waals surface area contributed by atoms with Gasteiger partial charge in [0.05, 0.1) is 12.1 Å². The predicted octanol–water partition coefficient (Wildman–Crippen LogP) is 2.04. The van der Waals surface area contributed by atoms with E-state index in [1.54, 1.807) is 6.20 Å². The molecule has 0 bridgehead atoms. The summed E-state index contributed by atoms with van der Waals surface area (Å²) in [5.74, 6) is 2.12. The summed E-state index contributed by atoms with van der Waals surface area (Å²) >= 11 is 0. The molecule has 0 saturated carbocycles. The van der Waals surface area contributed by atoms with Gasteiger partial charge < -0.3 is 5.32 Å². The molecule has 0 atom stereocenters. The minimum atomic E-state index is -0.186. The van der Waals surface area contributed by atoms with E-state index in [2.05, 4.69) is 21.4 Å². The predicted molar refractivity (Wildman–Crippen MR) is 66.1 cm³/mol. The van der Waals surface area contributed by atoms with Gasteiger partial charge in [-0.2, -0.15) is 5.10 Å². The Bertz CT molecular complexity index is 552. The van der Waals surface area contributed by atoms with Crippen molar-refractivity contribution in [1.29, 1.82) is 0 Å². The fraction of sp³-hybridized carbons (Fsp3) is 0.0769. The summed E-state index contributed by atoms with van der Waals surface area (Å²) in [6.45, 7) is 0. The van der Waals surface area contributed by atoms with Gasteiger partial charge in [-0.25, -0.2) is 0 Å². The molecule has 0 aliphatic rings. The van der Waals surface area contributed by atoms with Gasteiger partial charge in [-0.05, 0) is 18.2 Å². The van der Waals surface area contributed by atoms with Crippen LogP contribution < -0.4 is 5.32 Å². The number of H-pyrrole nitrogens is 1. The van der Waals surface area contributed by atoms with E-state index >= 15 is 0 Å². The van der Waals surface area contributed by atoms with Crippen LogP contribution >= 0.6 is 0 Å². The monoisotopic (exact) mass is 225 g/mol. The SMILES string of the molecule is C#CCC(=O)Nc1cccc(-c2ccn[nH]2)c1. The standard InChI is InChI=1S/C13H11N3O/c1-2-4-13(17)15-11-6-3-5-10(9-11)12-7-8-14-16-12/h1,3,5-9H,4H2,(H,14,16)(H,15,17). The Morgan fingerprint density at radius 2 is 2.35 bits per heavy atom.